The summed E-state index contributed by atoms with van der Waals surface area (Å²) in [7, 11) is 0. The molecular weight excluding hydrogens is 496 g/mol. The van der Waals surface area contributed by atoms with Crippen molar-refractivity contribution < 1.29 is 13.9 Å². The van der Waals surface area contributed by atoms with Crippen molar-refractivity contribution in [2.24, 2.45) is 11.5 Å². The number of hydrogen-bond acceptors (Lipinski definition) is 8. The lowest BCUT2D eigenvalue weighted by atomic mass is 9.90. The van der Waals surface area contributed by atoms with E-state index in [1.165, 1.54) is 29.6 Å². The van der Waals surface area contributed by atoms with Crippen LogP contribution in [0, 0.1) is 11.2 Å². The molecular formula is C23H22Cl2FN7O2. The van der Waals surface area contributed by atoms with Crippen molar-refractivity contribution in [3.8, 4) is 5.75 Å². The zero-order valence-corrected chi connectivity index (χ0v) is 20.1. The Kier molecular flexibility index (Phi) is 6.54. The van der Waals surface area contributed by atoms with Crippen LogP contribution in [0.5, 0.6) is 5.75 Å². The lowest BCUT2D eigenvalue weighted by Crippen LogP contribution is -2.73. The smallest absolute Gasteiger partial charge is 0.241 e. The topological polar surface area (TPSA) is 157 Å². The van der Waals surface area contributed by atoms with Gasteiger partial charge in [-0.25, -0.2) is 9.37 Å². The summed E-state index contributed by atoms with van der Waals surface area (Å²) in [6, 6.07) is 5.99. The van der Waals surface area contributed by atoms with Gasteiger partial charge in [-0.15, -0.1) is 0 Å². The third kappa shape index (κ3) is 4.72. The van der Waals surface area contributed by atoms with Crippen LogP contribution in [0.25, 0.3) is 0 Å². The maximum atomic E-state index is 14.8. The van der Waals surface area contributed by atoms with E-state index in [2.05, 4.69) is 9.97 Å². The number of pyridine rings is 2. The summed E-state index contributed by atoms with van der Waals surface area (Å²) in [4.78, 5) is 21.0. The largest absolute Gasteiger partial charge is 0.486 e. The van der Waals surface area contributed by atoms with E-state index in [1.807, 2.05) is 0 Å². The average molecular weight is 518 g/mol. The summed E-state index contributed by atoms with van der Waals surface area (Å²) in [5.74, 6) is -0.895. The first-order valence-corrected chi connectivity index (χ1v) is 11.2. The van der Waals surface area contributed by atoms with Gasteiger partial charge < -0.3 is 26.8 Å². The van der Waals surface area contributed by atoms with Gasteiger partial charge in [-0.05, 0) is 31.2 Å². The number of hydrogen-bond donors (Lipinski definition) is 4. The molecule has 1 aliphatic heterocycles. The van der Waals surface area contributed by atoms with Gasteiger partial charge in [0, 0.05) is 54.1 Å². The molecule has 7 N–H and O–H groups in total. The molecule has 2 aromatic heterocycles. The second-order valence-electron chi connectivity index (χ2n) is 8.31. The Morgan fingerprint density at radius 1 is 1.23 bits per heavy atom. The molecule has 0 bridgehead atoms. The van der Waals surface area contributed by atoms with Crippen LogP contribution in [-0.2, 0) is 4.79 Å². The van der Waals surface area contributed by atoms with E-state index in [0.717, 1.165) is 0 Å². The Morgan fingerprint density at radius 3 is 2.49 bits per heavy atom. The Hall–Kier alpha value is -3.47. The van der Waals surface area contributed by atoms with Gasteiger partial charge in [0.25, 0.3) is 0 Å². The minimum Gasteiger partial charge on any atom is -0.486 e. The number of carbonyl (C=O) groups excluding carboxylic acids is 1. The molecule has 4 rings (SSSR count). The third-order valence-electron chi connectivity index (χ3n) is 5.75. The van der Waals surface area contributed by atoms with E-state index in [9.17, 15) is 9.18 Å². The number of anilines is 2. The van der Waals surface area contributed by atoms with Gasteiger partial charge >= 0.3 is 0 Å². The highest BCUT2D eigenvalue weighted by atomic mass is 35.5. The molecule has 1 aliphatic rings. The van der Waals surface area contributed by atoms with Crippen LogP contribution in [0.1, 0.15) is 29.7 Å². The quantitative estimate of drug-likeness (QED) is 0.277. The zero-order chi connectivity index (χ0) is 25.5. The first-order valence-electron chi connectivity index (χ1n) is 10.4. The van der Waals surface area contributed by atoms with Crippen molar-refractivity contribution in [3.05, 3.63) is 75.4 Å². The van der Waals surface area contributed by atoms with E-state index in [0.29, 0.717) is 32.6 Å². The highest BCUT2D eigenvalue weighted by Gasteiger charge is 2.46. The minimum atomic E-state index is -1.21. The summed E-state index contributed by atoms with van der Waals surface area (Å²) < 4.78 is 20.8. The fraction of sp³-hybridized carbons (Fsp3) is 0.217. The highest BCUT2D eigenvalue weighted by molar-refractivity contribution is 6.35. The fourth-order valence-electron chi connectivity index (χ4n) is 3.79. The molecule has 0 spiro atoms. The number of nitrogen functional groups attached to an aromatic ring is 1. The summed E-state index contributed by atoms with van der Waals surface area (Å²) in [5.41, 5.74) is 17.4. The molecule has 1 amide bonds. The SMILES string of the molecule is C[C@@H](Oc1ccc(N)c(C(=N)c2cnc(N3CC(N)(C(N)=O)C3)c(F)c2)c1)c1c(Cl)cncc1Cl. The van der Waals surface area contributed by atoms with Crippen molar-refractivity contribution in [2.45, 2.75) is 18.6 Å². The van der Waals surface area contributed by atoms with E-state index >= 15 is 0 Å². The Bertz CT molecular complexity index is 1310. The predicted octanol–water partition coefficient (Wildman–Crippen LogP) is 3.06. The highest BCUT2D eigenvalue weighted by Crippen LogP contribution is 2.34. The van der Waals surface area contributed by atoms with Crippen LogP contribution in [0.3, 0.4) is 0 Å². The number of ether oxygens (including phenoxy) is 1. The number of carbonyl (C=O) groups is 1. The zero-order valence-electron chi connectivity index (χ0n) is 18.6. The van der Waals surface area contributed by atoms with Gasteiger partial charge in [0.05, 0.1) is 15.8 Å². The van der Waals surface area contributed by atoms with Gasteiger partial charge in [-0.2, -0.15) is 0 Å². The molecule has 35 heavy (non-hydrogen) atoms. The van der Waals surface area contributed by atoms with Gasteiger partial charge in [0.2, 0.25) is 5.91 Å². The standard InChI is InChI=1S/C23H22Cl2FN7O2/c1-11(19-15(24)7-31-8-16(19)25)35-13-2-3-18(27)14(5-13)20(28)12-4-17(26)21(32-6-12)33-9-23(30,10-33)22(29)34/h2-8,11,28H,9-10,27,30H2,1H3,(H2,29,34)/t11-/m1/s1. The van der Waals surface area contributed by atoms with Gasteiger partial charge in [0.1, 0.15) is 17.4 Å². The summed E-state index contributed by atoms with van der Waals surface area (Å²) in [6.45, 7) is 1.88. The normalized spacial score (nSPS) is 15.3. The van der Waals surface area contributed by atoms with E-state index in [1.54, 1.807) is 25.1 Å². The van der Waals surface area contributed by atoms with E-state index < -0.39 is 23.4 Å². The van der Waals surface area contributed by atoms with Gasteiger partial charge in [-0.1, -0.05) is 23.2 Å². The van der Waals surface area contributed by atoms with Crippen molar-refractivity contribution in [3.63, 3.8) is 0 Å². The fourth-order valence-corrected chi connectivity index (χ4v) is 4.47. The number of aromatic nitrogens is 2. The summed E-state index contributed by atoms with van der Waals surface area (Å²) in [6.07, 6.45) is 3.78. The molecule has 1 atom stereocenters. The number of halogens is 3. The molecule has 0 radical (unpaired) electrons. The molecule has 3 heterocycles. The van der Waals surface area contributed by atoms with Gasteiger partial charge in [0.15, 0.2) is 11.6 Å². The third-order valence-corrected chi connectivity index (χ3v) is 6.35. The van der Waals surface area contributed by atoms with Crippen LogP contribution in [0.15, 0.2) is 42.9 Å². The molecule has 0 aliphatic carbocycles. The Morgan fingerprint density at radius 2 is 1.89 bits per heavy atom. The minimum absolute atomic E-state index is 0.0221. The molecule has 0 unspecified atom stereocenters. The maximum Gasteiger partial charge on any atom is 0.241 e. The molecule has 1 fully saturated rings. The first-order chi connectivity index (χ1) is 16.5. The van der Waals surface area contributed by atoms with Crippen molar-refractivity contribution in [1.29, 1.82) is 5.41 Å². The predicted molar refractivity (Wildman–Crippen MR) is 133 cm³/mol. The molecule has 182 valence electrons. The second kappa shape index (κ2) is 9.29. The number of benzene rings is 1. The Labute approximate surface area is 210 Å². The van der Waals surface area contributed by atoms with Crippen molar-refractivity contribution in [2.75, 3.05) is 23.7 Å². The average Bonchev–Trinajstić information content (AvgIpc) is 2.77. The molecule has 9 nitrogen and oxygen atoms in total. The lowest BCUT2D eigenvalue weighted by molar-refractivity contribution is -0.124. The van der Waals surface area contributed by atoms with Gasteiger partial charge in [-0.3, -0.25) is 15.2 Å². The summed E-state index contributed by atoms with van der Waals surface area (Å²) >= 11 is 12.4. The van der Waals surface area contributed by atoms with E-state index in [-0.39, 0.29) is 30.2 Å². The number of amides is 1. The molecule has 1 aromatic carbocycles. The van der Waals surface area contributed by atoms with Crippen LogP contribution in [0.4, 0.5) is 15.9 Å². The molecule has 0 saturated carbocycles. The van der Waals surface area contributed by atoms with Crippen LogP contribution < -0.4 is 26.8 Å². The van der Waals surface area contributed by atoms with E-state index in [4.69, 9.17) is 50.5 Å². The monoisotopic (exact) mass is 517 g/mol. The van der Waals surface area contributed by atoms with Crippen molar-refractivity contribution in [1.82, 2.24) is 9.97 Å². The lowest BCUT2D eigenvalue weighted by Gasteiger charge is -2.45. The number of nitrogens with zero attached hydrogens (tertiary/aromatic N) is 3. The van der Waals surface area contributed by atoms with Crippen LogP contribution in [-0.4, -0.2) is 40.2 Å². The number of primary amides is 1. The Balaban J connectivity index is 1.54. The number of nitrogens with two attached hydrogens (primary N) is 3. The first kappa shape index (κ1) is 24.6. The second-order valence-corrected chi connectivity index (χ2v) is 9.12. The maximum absolute atomic E-state index is 14.8. The summed E-state index contributed by atoms with van der Waals surface area (Å²) in [5, 5.41) is 9.31. The molecule has 3 aromatic rings. The number of nitrogens with one attached hydrogen (secondary N) is 1. The van der Waals surface area contributed by atoms with Crippen molar-refractivity contribution >= 4 is 46.3 Å². The molecule has 12 heteroatoms. The molecule has 1 saturated heterocycles. The van der Waals surface area contributed by atoms with Crippen LogP contribution in [0.2, 0.25) is 10.0 Å². The number of rotatable bonds is 7. The van der Waals surface area contributed by atoms with Crippen LogP contribution >= 0.6 is 23.2 Å².